The van der Waals surface area contributed by atoms with E-state index in [-0.39, 0.29) is 11.5 Å². The molecule has 0 saturated carbocycles. The second kappa shape index (κ2) is 6.03. The Balaban J connectivity index is 1.62. The monoisotopic (exact) mass is 319 g/mol. The minimum Gasteiger partial charge on any atom is -0.339 e. The Morgan fingerprint density at radius 3 is 2.30 bits per heavy atom. The molecule has 0 spiro atoms. The van der Waals surface area contributed by atoms with Crippen LogP contribution in [0.25, 0.3) is 0 Å². The molecule has 1 atom stereocenters. The Hall–Kier alpha value is -1.76. The summed E-state index contributed by atoms with van der Waals surface area (Å²) in [6.45, 7) is 12.2. The highest BCUT2D eigenvalue weighted by Crippen LogP contribution is 2.31. The number of likely N-dealkylation sites (tertiary alicyclic amines) is 1. The largest absolute Gasteiger partial charge is 0.339 e. The van der Waals surface area contributed by atoms with Crippen LogP contribution >= 0.6 is 0 Å². The maximum atomic E-state index is 5.48. The van der Waals surface area contributed by atoms with Crippen molar-refractivity contribution in [1.29, 1.82) is 0 Å². The van der Waals surface area contributed by atoms with Crippen molar-refractivity contribution in [2.24, 2.45) is 0 Å². The highest BCUT2D eigenvalue weighted by atomic mass is 16.5. The van der Waals surface area contributed by atoms with Crippen LogP contribution in [0.4, 0.5) is 0 Å². The van der Waals surface area contributed by atoms with Crippen molar-refractivity contribution in [3.8, 4) is 0 Å². The van der Waals surface area contributed by atoms with Crippen LogP contribution in [0.1, 0.15) is 75.9 Å². The second-order valence-corrected chi connectivity index (χ2v) is 7.37. The van der Waals surface area contributed by atoms with Gasteiger partial charge >= 0.3 is 0 Å². The van der Waals surface area contributed by atoms with Crippen LogP contribution in [0.5, 0.6) is 0 Å². The normalized spacial score (nSPS) is 19.2. The summed E-state index contributed by atoms with van der Waals surface area (Å²) in [4.78, 5) is 11.3. The van der Waals surface area contributed by atoms with Crippen molar-refractivity contribution in [2.75, 3.05) is 13.1 Å². The summed E-state index contributed by atoms with van der Waals surface area (Å²) in [6, 6.07) is 0.129. The van der Waals surface area contributed by atoms with Crippen LogP contribution in [0.15, 0.2) is 9.05 Å². The molecule has 0 aromatic carbocycles. The van der Waals surface area contributed by atoms with Gasteiger partial charge in [0.2, 0.25) is 11.8 Å². The number of aryl methyl sites for hydroxylation is 1. The Morgan fingerprint density at radius 1 is 1.09 bits per heavy atom. The van der Waals surface area contributed by atoms with E-state index < -0.39 is 0 Å². The Kier molecular flexibility index (Phi) is 4.23. The predicted octanol–water partition coefficient (Wildman–Crippen LogP) is 3.00. The maximum absolute atomic E-state index is 5.48. The van der Waals surface area contributed by atoms with E-state index in [0.717, 1.165) is 37.6 Å². The van der Waals surface area contributed by atoms with Gasteiger partial charge < -0.3 is 9.05 Å². The molecule has 1 aliphatic heterocycles. The molecule has 0 amide bonds. The van der Waals surface area contributed by atoms with Crippen LogP contribution in [-0.2, 0) is 5.41 Å². The number of hydrogen-bond donors (Lipinski definition) is 0. The molecule has 0 aliphatic carbocycles. The van der Waals surface area contributed by atoms with Crippen LogP contribution in [-0.4, -0.2) is 38.3 Å². The van der Waals surface area contributed by atoms with Crippen LogP contribution < -0.4 is 0 Å². The number of piperidine rings is 1. The van der Waals surface area contributed by atoms with E-state index in [0.29, 0.717) is 17.6 Å². The summed E-state index contributed by atoms with van der Waals surface area (Å²) in [5.74, 6) is 3.28. The molecular formula is C16H25N5O2. The third-order valence-electron chi connectivity index (χ3n) is 4.44. The molecule has 0 N–H and O–H groups in total. The summed E-state index contributed by atoms with van der Waals surface area (Å²) < 4.78 is 10.8. The lowest BCUT2D eigenvalue weighted by Crippen LogP contribution is -2.35. The molecule has 0 radical (unpaired) electrons. The van der Waals surface area contributed by atoms with Crippen molar-refractivity contribution < 1.29 is 9.05 Å². The van der Waals surface area contributed by atoms with Gasteiger partial charge in [0.15, 0.2) is 11.6 Å². The molecule has 3 heterocycles. The van der Waals surface area contributed by atoms with Gasteiger partial charge in [0.1, 0.15) is 0 Å². The van der Waals surface area contributed by atoms with Crippen molar-refractivity contribution in [2.45, 2.75) is 64.8 Å². The zero-order valence-corrected chi connectivity index (χ0v) is 14.5. The van der Waals surface area contributed by atoms with Crippen molar-refractivity contribution in [1.82, 2.24) is 25.2 Å². The van der Waals surface area contributed by atoms with Gasteiger partial charge in [-0.05, 0) is 39.8 Å². The Labute approximate surface area is 136 Å². The lowest BCUT2D eigenvalue weighted by Gasteiger charge is -2.33. The molecule has 3 rings (SSSR count). The van der Waals surface area contributed by atoms with Crippen molar-refractivity contribution >= 4 is 0 Å². The number of hydrogen-bond acceptors (Lipinski definition) is 7. The smallest absolute Gasteiger partial charge is 0.243 e. The van der Waals surface area contributed by atoms with Gasteiger partial charge in [0.25, 0.3) is 0 Å². The van der Waals surface area contributed by atoms with E-state index in [9.17, 15) is 0 Å². The van der Waals surface area contributed by atoms with Gasteiger partial charge in [-0.3, -0.25) is 4.90 Å². The molecule has 1 saturated heterocycles. The van der Waals surface area contributed by atoms with E-state index in [1.165, 1.54) is 0 Å². The predicted molar refractivity (Wildman–Crippen MR) is 84.0 cm³/mol. The second-order valence-electron chi connectivity index (χ2n) is 7.37. The topological polar surface area (TPSA) is 81.1 Å². The molecule has 1 fully saturated rings. The van der Waals surface area contributed by atoms with E-state index in [2.05, 4.69) is 52.9 Å². The lowest BCUT2D eigenvalue weighted by molar-refractivity contribution is 0.128. The molecule has 1 unspecified atom stereocenters. The van der Waals surface area contributed by atoms with Gasteiger partial charge in [-0.25, -0.2) is 0 Å². The summed E-state index contributed by atoms with van der Waals surface area (Å²) in [5, 5.41) is 8.01. The fourth-order valence-corrected chi connectivity index (χ4v) is 2.88. The van der Waals surface area contributed by atoms with Gasteiger partial charge in [0.05, 0.1) is 6.04 Å². The highest BCUT2D eigenvalue weighted by molar-refractivity contribution is 5.03. The quantitative estimate of drug-likeness (QED) is 0.860. The number of rotatable bonds is 3. The minimum atomic E-state index is -0.0930. The molecule has 1 aliphatic rings. The summed E-state index contributed by atoms with van der Waals surface area (Å²) in [7, 11) is 0. The molecule has 2 aromatic rings. The molecule has 0 bridgehead atoms. The summed E-state index contributed by atoms with van der Waals surface area (Å²) in [5.41, 5.74) is -0.0930. The van der Waals surface area contributed by atoms with E-state index in [1.807, 2.05) is 6.92 Å². The average molecular weight is 319 g/mol. The molecule has 2 aromatic heterocycles. The van der Waals surface area contributed by atoms with Crippen LogP contribution in [0, 0.1) is 6.92 Å². The van der Waals surface area contributed by atoms with E-state index in [4.69, 9.17) is 9.05 Å². The van der Waals surface area contributed by atoms with Crippen LogP contribution in [0.3, 0.4) is 0 Å². The van der Waals surface area contributed by atoms with Gasteiger partial charge in [-0.1, -0.05) is 31.1 Å². The standard InChI is InChI=1S/C16H25N5O2/c1-10(13-18-15(20-22-13)16(3,4)5)21-8-6-12(7-9-21)14-17-11(2)19-23-14/h10,12H,6-9H2,1-5H3. The maximum Gasteiger partial charge on any atom is 0.243 e. The molecule has 126 valence electrons. The Bertz CT molecular complexity index is 649. The minimum absolute atomic E-state index is 0.0930. The van der Waals surface area contributed by atoms with E-state index in [1.54, 1.807) is 0 Å². The average Bonchev–Trinajstić information content (AvgIpc) is 3.15. The first-order valence-corrected chi connectivity index (χ1v) is 8.23. The molecule has 7 nitrogen and oxygen atoms in total. The summed E-state index contributed by atoms with van der Waals surface area (Å²) in [6.07, 6.45) is 2.01. The fraction of sp³-hybridized carbons (Fsp3) is 0.750. The van der Waals surface area contributed by atoms with Gasteiger partial charge in [-0.15, -0.1) is 0 Å². The summed E-state index contributed by atoms with van der Waals surface area (Å²) >= 11 is 0. The van der Waals surface area contributed by atoms with Crippen molar-refractivity contribution in [3.05, 3.63) is 23.4 Å². The molecular weight excluding hydrogens is 294 g/mol. The molecule has 7 heteroatoms. The first-order chi connectivity index (χ1) is 10.8. The van der Waals surface area contributed by atoms with Gasteiger partial charge in [-0.2, -0.15) is 9.97 Å². The fourth-order valence-electron chi connectivity index (χ4n) is 2.88. The number of nitrogens with zero attached hydrogens (tertiary/aromatic N) is 5. The van der Waals surface area contributed by atoms with Crippen LogP contribution in [0.2, 0.25) is 0 Å². The number of aromatic nitrogens is 4. The first kappa shape index (κ1) is 16.1. The zero-order valence-electron chi connectivity index (χ0n) is 14.5. The highest BCUT2D eigenvalue weighted by Gasteiger charge is 2.30. The lowest BCUT2D eigenvalue weighted by atomic mass is 9.95. The SMILES string of the molecule is Cc1noc(C2CCN(C(C)c3nc(C(C)(C)C)no3)CC2)n1. The Morgan fingerprint density at radius 2 is 1.78 bits per heavy atom. The van der Waals surface area contributed by atoms with Crippen molar-refractivity contribution in [3.63, 3.8) is 0 Å². The van der Waals surface area contributed by atoms with E-state index >= 15 is 0 Å². The van der Waals surface area contributed by atoms with Gasteiger partial charge in [0, 0.05) is 11.3 Å². The molecule has 23 heavy (non-hydrogen) atoms. The first-order valence-electron chi connectivity index (χ1n) is 8.23. The third kappa shape index (κ3) is 3.44. The third-order valence-corrected chi connectivity index (χ3v) is 4.44. The zero-order chi connectivity index (χ0) is 16.6.